The molecule has 19 heavy (non-hydrogen) atoms. The SMILES string of the molecule is CCOC(=O)CCC(=O)NCc1nc(C(=O)O)cs1. The van der Waals surface area contributed by atoms with Crippen LogP contribution in [0.1, 0.15) is 35.3 Å². The number of amides is 1. The smallest absolute Gasteiger partial charge is 0.355 e. The van der Waals surface area contributed by atoms with Crippen molar-refractivity contribution in [2.45, 2.75) is 26.3 Å². The molecule has 1 heterocycles. The van der Waals surface area contributed by atoms with Gasteiger partial charge in [0.25, 0.3) is 0 Å². The molecule has 0 radical (unpaired) electrons. The molecular formula is C11H14N2O5S. The van der Waals surface area contributed by atoms with Gasteiger partial charge in [-0.1, -0.05) is 0 Å². The highest BCUT2D eigenvalue weighted by Gasteiger charge is 2.10. The summed E-state index contributed by atoms with van der Waals surface area (Å²) in [6.45, 7) is 2.14. The van der Waals surface area contributed by atoms with Crippen LogP contribution in [0, 0.1) is 0 Å². The molecule has 104 valence electrons. The van der Waals surface area contributed by atoms with Gasteiger partial charge in [0.15, 0.2) is 5.69 Å². The van der Waals surface area contributed by atoms with Crippen molar-refractivity contribution < 1.29 is 24.2 Å². The third-order valence-corrected chi connectivity index (χ3v) is 2.92. The Morgan fingerprint density at radius 3 is 2.74 bits per heavy atom. The van der Waals surface area contributed by atoms with Gasteiger partial charge >= 0.3 is 11.9 Å². The van der Waals surface area contributed by atoms with Gasteiger partial charge in [-0.15, -0.1) is 11.3 Å². The summed E-state index contributed by atoms with van der Waals surface area (Å²) in [6.07, 6.45) is 0.0634. The highest BCUT2D eigenvalue weighted by molar-refractivity contribution is 7.09. The number of carboxylic acids is 1. The number of nitrogens with zero attached hydrogens (tertiary/aromatic N) is 1. The normalized spacial score (nSPS) is 9.95. The first-order valence-corrected chi connectivity index (χ1v) is 6.51. The Labute approximate surface area is 113 Å². The van der Waals surface area contributed by atoms with Gasteiger partial charge in [-0.25, -0.2) is 9.78 Å². The lowest BCUT2D eigenvalue weighted by Crippen LogP contribution is -2.23. The Hall–Kier alpha value is -1.96. The lowest BCUT2D eigenvalue weighted by molar-refractivity contribution is -0.144. The number of esters is 1. The number of carbonyl (C=O) groups excluding carboxylic acids is 2. The number of aromatic carboxylic acids is 1. The van der Waals surface area contributed by atoms with Crippen molar-refractivity contribution in [3.05, 3.63) is 16.1 Å². The first-order valence-electron chi connectivity index (χ1n) is 5.63. The van der Waals surface area contributed by atoms with Crippen LogP contribution in [0.5, 0.6) is 0 Å². The van der Waals surface area contributed by atoms with Crippen LogP contribution in [0.15, 0.2) is 5.38 Å². The number of aromatic nitrogens is 1. The lowest BCUT2D eigenvalue weighted by atomic mass is 10.3. The molecule has 0 spiro atoms. The molecule has 2 N–H and O–H groups in total. The molecule has 0 atom stereocenters. The number of rotatable bonds is 7. The predicted octanol–water partition coefficient (Wildman–Crippen LogP) is 0.801. The van der Waals surface area contributed by atoms with Crippen molar-refractivity contribution in [1.29, 1.82) is 0 Å². The molecule has 0 aromatic carbocycles. The second-order valence-corrected chi connectivity index (χ2v) is 4.46. The van der Waals surface area contributed by atoms with E-state index < -0.39 is 11.9 Å². The third-order valence-electron chi connectivity index (χ3n) is 2.07. The quantitative estimate of drug-likeness (QED) is 0.718. The zero-order chi connectivity index (χ0) is 14.3. The van der Waals surface area contributed by atoms with Gasteiger partial charge in [0.1, 0.15) is 5.01 Å². The minimum atomic E-state index is -1.10. The maximum atomic E-state index is 11.4. The largest absolute Gasteiger partial charge is 0.476 e. The maximum Gasteiger partial charge on any atom is 0.355 e. The van der Waals surface area contributed by atoms with E-state index in [1.807, 2.05) is 0 Å². The number of carbonyl (C=O) groups is 3. The van der Waals surface area contributed by atoms with Crippen LogP contribution in [0.2, 0.25) is 0 Å². The highest BCUT2D eigenvalue weighted by Crippen LogP contribution is 2.09. The molecule has 0 saturated heterocycles. The molecule has 0 bridgehead atoms. The van der Waals surface area contributed by atoms with Gasteiger partial charge in [0, 0.05) is 11.8 Å². The van der Waals surface area contributed by atoms with Crippen LogP contribution < -0.4 is 5.32 Å². The fraction of sp³-hybridized carbons (Fsp3) is 0.455. The van der Waals surface area contributed by atoms with Crippen molar-refractivity contribution in [3.63, 3.8) is 0 Å². The van der Waals surface area contributed by atoms with Gasteiger partial charge in [0.2, 0.25) is 5.91 Å². The Kier molecular flexibility index (Phi) is 5.94. The first kappa shape index (κ1) is 15.1. The Balaban J connectivity index is 2.29. The summed E-state index contributed by atoms with van der Waals surface area (Å²) < 4.78 is 4.69. The van der Waals surface area contributed by atoms with Gasteiger partial charge < -0.3 is 15.2 Å². The van der Waals surface area contributed by atoms with Crippen molar-refractivity contribution in [2.75, 3.05) is 6.61 Å². The minimum Gasteiger partial charge on any atom is -0.476 e. The second kappa shape index (κ2) is 7.47. The summed E-state index contributed by atoms with van der Waals surface area (Å²) in [4.78, 5) is 36.8. The molecule has 0 fully saturated rings. The first-order chi connectivity index (χ1) is 9.02. The predicted molar refractivity (Wildman–Crippen MR) is 66.8 cm³/mol. The van der Waals surface area contributed by atoms with Crippen LogP contribution in [0.3, 0.4) is 0 Å². The molecule has 1 aromatic heterocycles. The molecule has 7 nitrogen and oxygen atoms in total. The summed E-state index contributed by atoms with van der Waals surface area (Å²) in [5.74, 6) is -1.82. The number of hydrogen-bond donors (Lipinski definition) is 2. The number of hydrogen-bond acceptors (Lipinski definition) is 6. The molecule has 0 aliphatic rings. The highest BCUT2D eigenvalue weighted by atomic mass is 32.1. The van der Waals surface area contributed by atoms with E-state index in [1.54, 1.807) is 6.92 Å². The topological polar surface area (TPSA) is 106 Å². The van der Waals surface area contributed by atoms with Crippen LogP contribution in [0.4, 0.5) is 0 Å². The number of ether oxygens (including phenoxy) is 1. The summed E-state index contributed by atoms with van der Waals surface area (Å²) in [5.41, 5.74) is -0.0410. The zero-order valence-electron chi connectivity index (χ0n) is 10.3. The fourth-order valence-electron chi connectivity index (χ4n) is 1.20. The number of thiazole rings is 1. The monoisotopic (exact) mass is 286 g/mol. The molecule has 0 aliphatic heterocycles. The van der Waals surface area contributed by atoms with E-state index in [2.05, 4.69) is 10.3 Å². The van der Waals surface area contributed by atoms with E-state index in [0.29, 0.717) is 5.01 Å². The minimum absolute atomic E-state index is 0.0257. The zero-order valence-corrected chi connectivity index (χ0v) is 11.2. The second-order valence-electron chi connectivity index (χ2n) is 3.51. The Morgan fingerprint density at radius 2 is 2.16 bits per heavy atom. The number of carboxylic acid groups (broad SMARTS) is 1. The Bertz CT molecular complexity index is 471. The molecule has 0 saturated carbocycles. The van der Waals surface area contributed by atoms with Crippen molar-refractivity contribution in [1.82, 2.24) is 10.3 Å². The lowest BCUT2D eigenvalue weighted by Gasteiger charge is -2.03. The molecule has 0 aliphatic carbocycles. The average molecular weight is 286 g/mol. The molecule has 1 rings (SSSR count). The summed E-state index contributed by atoms with van der Waals surface area (Å²) in [5, 5.41) is 13.1. The molecule has 0 unspecified atom stereocenters. The van der Waals surface area contributed by atoms with E-state index in [4.69, 9.17) is 9.84 Å². The van der Waals surface area contributed by atoms with Gasteiger partial charge in [-0.2, -0.15) is 0 Å². The third kappa shape index (κ3) is 5.47. The Morgan fingerprint density at radius 1 is 1.42 bits per heavy atom. The summed E-state index contributed by atoms with van der Waals surface area (Å²) in [7, 11) is 0. The molecule has 1 amide bonds. The molecular weight excluding hydrogens is 272 g/mol. The van der Waals surface area contributed by atoms with Gasteiger partial charge in [-0.05, 0) is 6.92 Å². The van der Waals surface area contributed by atoms with Crippen LogP contribution in [-0.2, 0) is 20.9 Å². The van der Waals surface area contributed by atoms with E-state index in [-0.39, 0.29) is 37.6 Å². The van der Waals surface area contributed by atoms with E-state index >= 15 is 0 Å². The number of nitrogens with one attached hydrogen (secondary N) is 1. The van der Waals surface area contributed by atoms with Crippen molar-refractivity contribution in [2.24, 2.45) is 0 Å². The fourth-order valence-corrected chi connectivity index (χ4v) is 1.91. The standard InChI is InChI=1S/C11H14N2O5S/c1-2-18-10(15)4-3-8(14)12-5-9-13-7(6-19-9)11(16)17/h6H,2-5H2,1H3,(H,12,14)(H,16,17). The van der Waals surface area contributed by atoms with Crippen molar-refractivity contribution >= 4 is 29.2 Å². The summed E-state index contributed by atoms with van der Waals surface area (Å²) in [6, 6.07) is 0. The summed E-state index contributed by atoms with van der Waals surface area (Å²) >= 11 is 1.15. The molecule has 8 heteroatoms. The van der Waals surface area contributed by atoms with Crippen LogP contribution in [-0.4, -0.2) is 34.5 Å². The maximum absolute atomic E-state index is 11.4. The van der Waals surface area contributed by atoms with E-state index in [0.717, 1.165) is 11.3 Å². The van der Waals surface area contributed by atoms with Gasteiger partial charge in [-0.3, -0.25) is 9.59 Å². The van der Waals surface area contributed by atoms with Crippen LogP contribution >= 0.6 is 11.3 Å². The average Bonchev–Trinajstić information content (AvgIpc) is 2.83. The van der Waals surface area contributed by atoms with Gasteiger partial charge in [0.05, 0.1) is 19.6 Å². The van der Waals surface area contributed by atoms with Crippen LogP contribution in [0.25, 0.3) is 0 Å². The van der Waals surface area contributed by atoms with E-state index in [1.165, 1.54) is 5.38 Å². The van der Waals surface area contributed by atoms with E-state index in [9.17, 15) is 14.4 Å². The molecule has 1 aromatic rings. The van der Waals surface area contributed by atoms with Crippen molar-refractivity contribution in [3.8, 4) is 0 Å².